The van der Waals surface area contributed by atoms with E-state index in [1.54, 1.807) is 34.9 Å². The summed E-state index contributed by atoms with van der Waals surface area (Å²) in [6, 6.07) is 23.9. The van der Waals surface area contributed by atoms with Gasteiger partial charge in [-0.2, -0.15) is 0 Å². The first kappa shape index (κ1) is 20.5. The van der Waals surface area contributed by atoms with Crippen LogP contribution in [0.1, 0.15) is 26.4 Å². The Morgan fingerprint density at radius 2 is 1.55 bits per heavy atom. The molecule has 2 heterocycles. The lowest BCUT2D eigenvalue weighted by molar-refractivity contribution is -0.508. The summed E-state index contributed by atoms with van der Waals surface area (Å²) in [7, 11) is 0. The Morgan fingerprint density at radius 3 is 2.27 bits per heavy atom. The van der Waals surface area contributed by atoms with Gasteiger partial charge in [0.25, 0.3) is 27.9 Å². The van der Waals surface area contributed by atoms with Crippen LogP contribution in [-0.4, -0.2) is 16.6 Å². The van der Waals surface area contributed by atoms with E-state index in [-0.39, 0.29) is 22.9 Å². The molecule has 0 bridgehead atoms. The summed E-state index contributed by atoms with van der Waals surface area (Å²) < 4.78 is 1.76. The summed E-state index contributed by atoms with van der Waals surface area (Å²) >= 11 is 1.31. The first-order valence-corrected chi connectivity index (χ1v) is 10.9. The molecule has 0 saturated carbocycles. The molecule has 160 valence electrons. The number of pyridine rings is 1. The summed E-state index contributed by atoms with van der Waals surface area (Å²) in [5.74, 6) is -0.676. The molecule has 33 heavy (non-hydrogen) atoms. The lowest BCUT2D eigenvalue weighted by Gasteiger charge is -2.03. The quantitative estimate of drug-likeness (QED) is 0.174. The minimum Gasteiger partial charge on any atom is -0.308 e. The zero-order valence-electron chi connectivity index (χ0n) is 17.1. The number of ketones is 1. The van der Waals surface area contributed by atoms with Gasteiger partial charge in [0, 0.05) is 29.3 Å². The van der Waals surface area contributed by atoms with Crippen LogP contribution in [0.25, 0.3) is 15.6 Å². The van der Waals surface area contributed by atoms with Crippen LogP contribution in [0, 0.1) is 10.1 Å². The molecule has 3 aromatic carbocycles. The van der Waals surface area contributed by atoms with E-state index in [4.69, 9.17) is 0 Å². The van der Waals surface area contributed by atoms with Crippen molar-refractivity contribution in [2.75, 3.05) is 5.32 Å². The fourth-order valence-electron chi connectivity index (χ4n) is 3.66. The molecule has 0 atom stereocenters. The van der Waals surface area contributed by atoms with Gasteiger partial charge in [-0.15, -0.1) is 4.40 Å². The van der Waals surface area contributed by atoms with Gasteiger partial charge in [-0.3, -0.25) is 19.7 Å². The molecule has 0 saturated heterocycles. The number of non-ortho nitro benzene ring substituents is 1. The van der Waals surface area contributed by atoms with Crippen molar-refractivity contribution in [3.8, 4) is 0 Å². The molecular formula is C25H16N3O4S+. The van der Waals surface area contributed by atoms with Crippen molar-refractivity contribution >= 4 is 49.3 Å². The van der Waals surface area contributed by atoms with Crippen LogP contribution in [0.15, 0.2) is 91.1 Å². The van der Waals surface area contributed by atoms with Crippen molar-refractivity contribution < 1.29 is 18.9 Å². The number of carbonyl (C=O) groups excluding carboxylic acids is 2. The second-order valence-electron chi connectivity index (χ2n) is 7.31. The van der Waals surface area contributed by atoms with Crippen LogP contribution in [0.2, 0.25) is 0 Å². The summed E-state index contributed by atoms with van der Waals surface area (Å²) in [6.45, 7) is 0. The van der Waals surface area contributed by atoms with Crippen molar-refractivity contribution in [1.29, 1.82) is 0 Å². The summed E-state index contributed by atoms with van der Waals surface area (Å²) in [5.41, 5.74) is 0.951. The number of thiazole rings is 1. The third-order valence-corrected chi connectivity index (χ3v) is 6.40. The highest BCUT2D eigenvalue weighted by molar-refractivity contribution is 7.22. The minimum absolute atomic E-state index is 0.0991. The number of fused-ring (bicyclic) bond motifs is 3. The third-order valence-electron chi connectivity index (χ3n) is 5.29. The van der Waals surface area contributed by atoms with E-state index in [9.17, 15) is 19.7 Å². The zero-order chi connectivity index (χ0) is 22.9. The Hall–Kier alpha value is -4.43. The van der Waals surface area contributed by atoms with Crippen molar-refractivity contribution in [2.45, 2.75) is 0 Å². The third kappa shape index (κ3) is 3.72. The summed E-state index contributed by atoms with van der Waals surface area (Å²) in [6.07, 6.45) is 1.80. The molecule has 5 aromatic rings. The molecule has 7 nitrogen and oxygen atoms in total. The molecule has 2 aromatic heterocycles. The number of hydrogen-bond acceptors (Lipinski definition) is 5. The number of nitrogens with zero attached hydrogens (tertiary/aromatic N) is 2. The predicted molar refractivity (Wildman–Crippen MR) is 126 cm³/mol. The smallest absolute Gasteiger partial charge is 0.294 e. The average molecular weight is 454 g/mol. The Kier molecular flexibility index (Phi) is 5.12. The maximum atomic E-state index is 13.5. The van der Waals surface area contributed by atoms with Gasteiger partial charge in [0.2, 0.25) is 0 Å². The van der Waals surface area contributed by atoms with Crippen LogP contribution in [0.3, 0.4) is 0 Å². The topological polar surface area (TPSA) is 93.4 Å². The molecule has 0 aliphatic rings. The molecule has 5 rings (SSSR count). The first-order valence-electron chi connectivity index (χ1n) is 10.0. The van der Waals surface area contributed by atoms with Crippen LogP contribution < -0.4 is 9.72 Å². The number of aromatic nitrogens is 1. The maximum absolute atomic E-state index is 13.5. The minimum atomic E-state index is -0.513. The standard InChI is InChI=1S/C25H15N3O4S/c29-22(17-10-12-19(13-11-17)28(31)32)21-24(26-23(30)18-7-2-1-3-8-18)33-25-20-9-5-4-6-16(20)14-15-27(21)25/h1-15H/p+1. The monoisotopic (exact) mass is 454 g/mol. The summed E-state index contributed by atoms with van der Waals surface area (Å²) in [4.78, 5) is 37.7. The second kappa shape index (κ2) is 8.25. The fourth-order valence-corrected chi connectivity index (χ4v) is 4.83. The van der Waals surface area contributed by atoms with Crippen molar-refractivity contribution in [3.63, 3.8) is 0 Å². The number of amides is 1. The predicted octanol–water partition coefficient (Wildman–Crippen LogP) is 5.03. The second-order valence-corrected chi connectivity index (χ2v) is 8.31. The van der Waals surface area contributed by atoms with Gasteiger partial charge in [-0.25, -0.2) is 0 Å². The first-order chi connectivity index (χ1) is 16.0. The van der Waals surface area contributed by atoms with E-state index >= 15 is 0 Å². The fraction of sp³-hybridized carbons (Fsp3) is 0. The molecule has 0 spiro atoms. The molecular weight excluding hydrogens is 438 g/mol. The number of nitrogens with one attached hydrogen (secondary N) is 1. The Morgan fingerprint density at radius 1 is 0.848 bits per heavy atom. The van der Waals surface area contributed by atoms with Crippen molar-refractivity contribution in [1.82, 2.24) is 0 Å². The summed E-state index contributed by atoms with van der Waals surface area (Å²) in [5, 5.41) is 16.2. The highest BCUT2D eigenvalue weighted by Crippen LogP contribution is 2.31. The van der Waals surface area contributed by atoms with E-state index in [1.165, 1.54) is 35.6 Å². The number of rotatable bonds is 5. The molecule has 1 N–H and O–H groups in total. The number of nitro benzene ring substituents is 1. The van der Waals surface area contributed by atoms with Gasteiger partial charge >= 0.3 is 0 Å². The molecule has 8 heteroatoms. The SMILES string of the molecule is O=C(Nc1sc2c3ccccc3cc[n+]2c1C(=O)c1ccc([N+](=O)[O-])cc1)c1ccccc1. The van der Waals surface area contributed by atoms with Crippen LogP contribution >= 0.6 is 11.3 Å². The van der Waals surface area contributed by atoms with Gasteiger partial charge in [0.1, 0.15) is 0 Å². The van der Waals surface area contributed by atoms with Gasteiger partial charge in [-0.05, 0) is 47.1 Å². The molecule has 1 amide bonds. The number of benzene rings is 3. The highest BCUT2D eigenvalue weighted by Gasteiger charge is 2.31. The van der Waals surface area contributed by atoms with Gasteiger partial charge in [-0.1, -0.05) is 36.4 Å². The van der Waals surface area contributed by atoms with Crippen molar-refractivity contribution in [3.05, 3.63) is 118 Å². The number of carbonyl (C=O) groups is 2. The van der Waals surface area contributed by atoms with Gasteiger partial charge < -0.3 is 5.32 Å². The Bertz CT molecular complexity index is 1540. The van der Waals surface area contributed by atoms with Crippen LogP contribution in [0.4, 0.5) is 10.7 Å². The Labute approximate surface area is 191 Å². The molecule has 0 fully saturated rings. The van der Waals surface area contributed by atoms with Gasteiger partial charge in [0.05, 0.1) is 10.3 Å². The van der Waals surface area contributed by atoms with E-state index < -0.39 is 4.92 Å². The van der Waals surface area contributed by atoms with Crippen LogP contribution in [-0.2, 0) is 0 Å². The van der Waals surface area contributed by atoms with E-state index in [0.29, 0.717) is 16.3 Å². The Balaban J connectivity index is 1.67. The zero-order valence-corrected chi connectivity index (χ0v) is 17.9. The van der Waals surface area contributed by atoms with Gasteiger partial charge in [0.15, 0.2) is 11.2 Å². The van der Waals surface area contributed by atoms with E-state index in [1.807, 2.05) is 36.4 Å². The average Bonchev–Trinajstić information content (AvgIpc) is 3.22. The number of hydrogen-bond donors (Lipinski definition) is 1. The van der Waals surface area contributed by atoms with E-state index in [2.05, 4.69) is 5.32 Å². The normalized spacial score (nSPS) is 10.9. The largest absolute Gasteiger partial charge is 0.308 e. The van der Waals surface area contributed by atoms with E-state index in [0.717, 1.165) is 15.6 Å². The number of nitro groups is 1. The molecule has 0 aliphatic heterocycles. The number of anilines is 1. The van der Waals surface area contributed by atoms with Crippen molar-refractivity contribution in [2.24, 2.45) is 0 Å². The lowest BCUT2D eigenvalue weighted by Crippen LogP contribution is -2.29. The molecule has 0 unspecified atom stereocenters. The van der Waals surface area contributed by atoms with Crippen LogP contribution in [0.5, 0.6) is 0 Å². The highest BCUT2D eigenvalue weighted by atomic mass is 32.1. The lowest BCUT2D eigenvalue weighted by atomic mass is 10.1. The molecule has 0 aliphatic carbocycles. The molecule has 0 radical (unpaired) electrons. The maximum Gasteiger partial charge on any atom is 0.294 e.